The lowest BCUT2D eigenvalue weighted by Gasteiger charge is -2.40. The maximum Gasteiger partial charge on any atom is 0.183 e. The van der Waals surface area contributed by atoms with Crippen molar-refractivity contribution in [2.45, 2.75) is 19.5 Å². The van der Waals surface area contributed by atoms with E-state index in [1.165, 1.54) is 18.7 Å². The molecule has 0 aliphatic carbocycles. The van der Waals surface area contributed by atoms with Crippen molar-refractivity contribution in [2.24, 2.45) is 0 Å². The zero-order valence-corrected chi connectivity index (χ0v) is 12.3. The molecule has 0 N–H and O–H groups in total. The number of nitrogens with zero attached hydrogens (tertiary/aromatic N) is 5. The number of aromatic nitrogens is 3. The Morgan fingerprint density at radius 1 is 1.18 bits per heavy atom. The Balaban J connectivity index is 1.68. The van der Waals surface area contributed by atoms with Crippen molar-refractivity contribution in [1.29, 1.82) is 0 Å². The molecule has 0 aromatic carbocycles. The molecule has 3 heterocycles. The van der Waals surface area contributed by atoms with E-state index in [-0.39, 0.29) is 11.9 Å². The zero-order valence-electron chi connectivity index (χ0n) is 12.3. The van der Waals surface area contributed by atoms with Crippen molar-refractivity contribution in [1.82, 2.24) is 19.9 Å². The first kappa shape index (κ1) is 14.8. The standard InChI is InChI=1S/C15H17F2N5/c1-11-8-22(15-14(17)7-19-10-20-15)5-4-21(11)9-12-2-3-18-6-13(12)16/h2-3,6-7,10-11H,4-5,8-9H2,1H3. The summed E-state index contributed by atoms with van der Waals surface area (Å²) >= 11 is 0. The van der Waals surface area contributed by atoms with Gasteiger partial charge in [-0.05, 0) is 13.0 Å². The molecule has 3 rings (SSSR count). The molecule has 1 atom stereocenters. The maximum atomic E-state index is 13.8. The van der Waals surface area contributed by atoms with E-state index in [2.05, 4.69) is 19.9 Å². The summed E-state index contributed by atoms with van der Waals surface area (Å²) in [7, 11) is 0. The van der Waals surface area contributed by atoms with Gasteiger partial charge >= 0.3 is 0 Å². The predicted octanol–water partition coefficient (Wildman–Crippen LogP) is 1.86. The first-order valence-electron chi connectivity index (χ1n) is 7.18. The van der Waals surface area contributed by atoms with Gasteiger partial charge in [0.1, 0.15) is 12.1 Å². The van der Waals surface area contributed by atoms with Gasteiger partial charge in [0.25, 0.3) is 0 Å². The summed E-state index contributed by atoms with van der Waals surface area (Å²) in [5, 5.41) is 0. The van der Waals surface area contributed by atoms with Crippen molar-refractivity contribution in [3.05, 3.63) is 48.2 Å². The lowest BCUT2D eigenvalue weighted by Crippen LogP contribution is -2.52. The Bertz CT molecular complexity index is 651. The number of rotatable bonds is 3. The van der Waals surface area contributed by atoms with E-state index >= 15 is 0 Å². The Labute approximate surface area is 127 Å². The highest BCUT2D eigenvalue weighted by atomic mass is 19.1. The number of piperazine rings is 1. The SMILES string of the molecule is CC1CN(c2ncncc2F)CCN1Cc1ccncc1F. The molecule has 0 spiro atoms. The van der Waals surface area contributed by atoms with Crippen LogP contribution in [-0.2, 0) is 6.54 Å². The summed E-state index contributed by atoms with van der Waals surface area (Å²) in [6.07, 6.45) is 5.34. The van der Waals surface area contributed by atoms with Gasteiger partial charge < -0.3 is 4.90 Å². The van der Waals surface area contributed by atoms with Crippen LogP contribution < -0.4 is 4.90 Å². The van der Waals surface area contributed by atoms with Crippen LogP contribution in [0.4, 0.5) is 14.6 Å². The molecule has 1 aliphatic heterocycles. The highest BCUT2D eigenvalue weighted by Gasteiger charge is 2.26. The van der Waals surface area contributed by atoms with Crippen LogP contribution in [0.15, 0.2) is 31.0 Å². The zero-order chi connectivity index (χ0) is 15.5. The normalized spacial score (nSPS) is 19.4. The summed E-state index contributed by atoms with van der Waals surface area (Å²) in [4.78, 5) is 15.5. The van der Waals surface area contributed by atoms with Crippen molar-refractivity contribution >= 4 is 5.82 Å². The molecule has 0 amide bonds. The molecule has 2 aromatic heterocycles. The van der Waals surface area contributed by atoms with Gasteiger partial charge in [0.05, 0.1) is 12.4 Å². The van der Waals surface area contributed by atoms with Gasteiger partial charge in [-0.3, -0.25) is 9.88 Å². The number of pyridine rings is 1. The van der Waals surface area contributed by atoms with Gasteiger partial charge in [-0.2, -0.15) is 0 Å². The van der Waals surface area contributed by atoms with Crippen molar-refractivity contribution in [2.75, 3.05) is 24.5 Å². The van der Waals surface area contributed by atoms with E-state index in [1.54, 1.807) is 12.3 Å². The molecular weight excluding hydrogens is 288 g/mol. The molecule has 7 heteroatoms. The largest absolute Gasteiger partial charge is 0.351 e. The molecule has 1 unspecified atom stereocenters. The van der Waals surface area contributed by atoms with Crippen LogP contribution in [0.1, 0.15) is 12.5 Å². The third-order valence-electron chi connectivity index (χ3n) is 3.94. The summed E-state index contributed by atoms with van der Waals surface area (Å²) < 4.78 is 27.5. The molecule has 0 saturated carbocycles. The van der Waals surface area contributed by atoms with Gasteiger partial charge in [-0.1, -0.05) is 0 Å². The molecule has 0 bridgehead atoms. The molecule has 116 valence electrons. The fourth-order valence-electron chi connectivity index (χ4n) is 2.71. The van der Waals surface area contributed by atoms with Crippen LogP contribution in [0, 0.1) is 11.6 Å². The summed E-state index contributed by atoms with van der Waals surface area (Å²) in [6, 6.07) is 1.86. The second kappa shape index (κ2) is 6.31. The number of anilines is 1. The Morgan fingerprint density at radius 2 is 2.00 bits per heavy atom. The van der Waals surface area contributed by atoms with Crippen LogP contribution in [0.3, 0.4) is 0 Å². The highest BCUT2D eigenvalue weighted by molar-refractivity contribution is 5.39. The monoisotopic (exact) mass is 305 g/mol. The molecule has 1 saturated heterocycles. The van der Waals surface area contributed by atoms with E-state index in [1.807, 2.05) is 11.8 Å². The summed E-state index contributed by atoms with van der Waals surface area (Å²) in [5.41, 5.74) is 0.628. The molecule has 1 fully saturated rings. The fraction of sp³-hybridized carbons (Fsp3) is 0.400. The molecule has 5 nitrogen and oxygen atoms in total. The van der Waals surface area contributed by atoms with Gasteiger partial charge in [0.2, 0.25) is 0 Å². The van der Waals surface area contributed by atoms with Gasteiger partial charge in [0, 0.05) is 44.0 Å². The van der Waals surface area contributed by atoms with Crippen LogP contribution >= 0.6 is 0 Å². The quantitative estimate of drug-likeness (QED) is 0.866. The average Bonchev–Trinajstić information content (AvgIpc) is 2.52. The molecule has 0 radical (unpaired) electrons. The van der Waals surface area contributed by atoms with Crippen LogP contribution in [0.25, 0.3) is 0 Å². The van der Waals surface area contributed by atoms with Gasteiger partial charge in [-0.15, -0.1) is 0 Å². The van der Waals surface area contributed by atoms with Crippen LogP contribution in [-0.4, -0.2) is 45.5 Å². The third-order valence-corrected chi connectivity index (χ3v) is 3.94. The first-order valence-corrected chi connectivity index (χ1v) is 7.18. The van der Waals surface area contributed by atoms with Gasteiger partial charge in [0.15, 0.2) is 11.6 Å². The number of halogens is 2. The minimum absolute atomic E-state index is 0.163. The van der Waals surface area contributed by atoms with Gasteiger partial charge in [-0.25, -0.2) is 18.7 Å². The van der Waals surface area contributed by atoms with E-state index < -0.39 is 5.82 Å². The predicted molar refractivity (Wildman–Crippen MR) is 78.3 cm³/mol. The summed E-state index contributed by atoms with van der Waals surface area (Å²) in [5.74, 6) is -0.376. The Kier molecular flexibility index (Phi) is 4.24. The molecule has 1 aliphatic rings. The van der Waals surface area contributed by atoms with E-state index in [0.29, 0.717) is 37.6 Å². The Hall–Kier alpha value is -2.15. The van der Waals surface area contributed by atoms with Crippen LogP contribution in [0.5, 0.6) is 0 Å². The van der Waals surface area contributed by atoms with E-state index in [4.69, 9.17) is 0 Å². The fourth-order valence-corrected chi connectivity index (χ4v) is 2.71. The van der Waals surface area contributed by atoms with E-state index in [9.17, 15) is 8.78 Å². The van der Waals surface area contributed by atoms with Crippen molar-refractivity contribution < 1.29 is 8.78 Å². The second-order valence-electron chi connectivity index (χ2n) is 5.43. The second-order valence-corrected chi connectivity index (χ2v) is 5.43. The summed E-state index contributed by atoms with van der Waals surface area (Å²) in [6.45, 7) is 4.57. The number of hydrogen-bond donors (Lipinski definition) is 0. The average molecular weight is 305 g/mol. The maximum absolute atomic E-state index is 13.8. The molecule has 2 aromatic rings. The lowest BCUT2D eigenvalue weighted by atomic mass is 10.1. The minimum atomic E-state index is -0.414. The minimum Gasteiger partial charge on any atom is -0.351 e. The van der Waals surface area contributed by atoms with Crippen molar-refractivity contribution in [3.63, 3.8) is 0 Å². The topological polar surface area (TPSA) is 45.2 Å². The lowest BCUT2D eigenvalue weighted by molar-refractivity contribution is 0.178. The van der Waals surface area contributed by atoms with Crippen LogP contribution in [0.2, 0.25) is 0 Å². The molecule has 22 heavy (non-hydrogen) atoms. The highest BCUT2D eigenvalue weighted by Crippen LogP contribution is 2.21. The van der Waals surface area contributed by atoms with Crippen molar-refractivity contribution in [3.8, 4) is 0 Å². The number of hydrogen-bond acceptors (Lipinski definition) is 5. The molecular formula is C15H17F2N5. The third kappa shape index (κ3) is 3.04. The smallest absolute Gasteiger partial charge is 0.183 e. The van der Waals surface area contributed by atoms with E-state index in [0.717, 1.165) is 0 Å². The first-order chi connectivity index (χ1) is 10.6. The Morgan fingerprint density at radius 3 is 2.73 bits per heavy atom.